The molecule has 0 bridgehead atoms. The molecule has 2 unspecified atom stereocenters. The number of benzene rings is 2. The van der Waals surface area contributed by atoms with Gasteiger partial charge in [0.15, 0.2) is 0 Å². The standard InChI is InChI=1S/C23H29ClN2O2/c1-5-17(3)25-23(28)18(4)26(15-19-10-12-21(24)13-11-19)22(27)14-20-9-7-6-8-16(20)2/h6-13,17-18H,5,14-15H2,1-4H3,(H,25,28). The summed E-state index contributed by atoms with van der Waals surface area (Å²) in [5.74, 6) is -0.211. The van der Waals surface area contributed by atoms with E-state index >= 15 is 0 Å². The van der Waals surface area contributed by atoms with Gasteiger partial charge in [-0.25, -0.2) is 0 Å². The predicted octanol–water partition coefficient (Wildman–Crippen LogP) is 4.52. The van der Waals surface area contributed by atoms with E-state index in [4.69, 9.17) is 11.6 Å². The molecule has 2 aromatic rings. The van der Waals surface area contributed by atoms with Gasteiger partial charge >= 0.3 is 0 Å². The largest absolute Gasteiger partial charge is 0.352 e. The molecule has 0 aromatic heterocycles. The van der Waals surface area contributed by atoms with Gasteiger partial charge in [-0.3, -0.25) is 9.59 Å². The molecule has 0 heterocycles. The number of hydrogen-bond acceptors (Lipinski definition) is 2. The second kappa shape index (κ2) is 10.3. The third-order valence-corrected chi connectivity index (χ3v) is 5.29. The van der Waals surface area contributed by atoms with Crippen LogP contribution in [0.1, 0.15) is 43.9 Å². The van der Waals surface area contributed by atoms with E-state index in [1.54, 1.807) is 24.0 Å². The molecule has 0 saturated heterocycles. The van der Waals surface area contributed by atoms with Crippen LogP contribution in [0.3, 0.4) is 0 Å². The SMILES string of the molecule is CCC(C)NC(=O)C(C)N(Cc1ccc(Cl)cc1)C(=O)Cc1ccccc1C. The second-order valence-corrected chi connectivity index (χ2v) is 7.68. The van der Waals surface area contributed by atoms with E-state index < -0.39 is 6.04 Å². The Kier molecular flexibility index (Phi) is 8.06. The first kappa shape index (κ1) is 22.0. The highest BCUT2D eigenvalue weighted by molar-refractivity contribution is 6.30. The smallest absolute Gasteiger partial charge is 0.242 e. The lowest BCUT2D eigenvalue weighted by Gasteiger charge is -2.30. The van der Waals surface area contributed by atoms with Crippen LogP contribution >= 0.6 is 11.6 Å². The summed E-state index contributed by atoms with van der Waals surface area (Å²) in [6.07, 6.45) is 1.11. The Labute approximate surface area is 172 Å². The van der Waals surface area contributed by atoms with Gasteiger partial charge in [-0.05, 0) is 56.0 Å². The number of nitrogens with zero attached hydrogens (tertiary/aromatic N) is 1. The van der Waals surface area contributed by atoms with Gasteiger partial charge in [0.2, 0.25) is 11.8 Å². The van der Waals surface area contributed by atoms with Crippen molar-refractivity contribution < 1.29 is 9.59 Å². The Balaban J connectivity index is 2.23. The molecular weight excluding hydrogens is 372 g/mol. The highest BCUT2D eigenvalue weighted by Gasteiger charge is 2.27. The third kappa shape index (κ3) is 6.10. The van der Waals surface area contributed by atoms with Crippen LogP contribution in [0.2, 0.25) is 5.02 Å². The van der Waals surface area contributed by atoms with Crippen molar-refractivity contribution in [1.82, 2.24) is 10.2 Å². The van der Waals surface area contributed by atoms with Crippen LogP contribution in [0, 0.1) is 6.92 Å². The summed E-state index contributed by atoms with van der Waals surface area (Å²) >= 11 is 5.98. The summed E-state index contributed by atoms with van der Waals surface area (Å²) in [4.78, 5) is 27.5. The zero-order chi connectivity index (χ0) is 20.7. The summed E-state index contributed by atoms with van der Waals surface area (Å²) in [6, 6.07) is 14.7. The minimum absolute atomic E-state index is 0.0683. The summed E-state index contributed by atoms with van der Waals surface area (Å²) in [5.41, 5.74) is 2.98. The lowest BCUT2D eigenvalue weighted by atomic mass is 10.0. The average Bonchev–Trinajstić information content (AvgIpc) is 2.68. The molecule has 5 heteroatoms. The van der Waals surface area contributed by atoms with Crippen molar-refractivity contribution >= 4 is 23.4 Å². The minimum Gasteiger partial charge on any atom is -0.352 e. The van der Waals surface area contributed by atoms with Crippen molar-refractivity contribution in [3.63, 3.8) is 0 Å². The molecule has 0 aliphatic carbocycles. The van der Waals surface area contributed by atoms with E-state index in [0.717, 1.165) is 23.1 Å². The molecule has 0 aliphatic rings. The fourth-order valence-corrected chi connectivity index (χ4v) is 3.03. The zero-order valence-electron chi connectivity index (χ0n) is 17.0. The van der Waals surface area contributed by atoms with Crippen LogP contribution < -0.4 is 5.32 Å². The number of hydrogen-bond donors (Lipinski definition) is 1. The fourth-order valence-electron chi connectivity index (χ4n) is 2.91. The van der Waals surface area contributed by atoms with Gasteiger partial charge in [-0.1, -0.05) is 54.9 Å². The van der Waals surface area contributed by atoms with Gasteiger partial charge in [0.05, 0.1) is 6.42 Å². The molecule has 28 heavy (non-hydrogen) atoms. The van der Waals surface area contributed by atoms with Crippen LogP contribution in [-0.2, 0) is 22.6 Å². The molecule has 1 N–H and O–H groups in total. The molecule has 0 radical (unpaired) electrons. The van der Waals surface area contributed by atoms with Gasteiger partial charge in [-0.15, -0.1) is 0 Å². The van der Waals surface area contributed by atoms with Crippen LogP contribution in [0.15, 0.2) is 48.5 Å². The van der Waals surface area contributed by atoms with Crippen molar-refractivity contribution in [2.75, 3.05) is 0 Å². The Bertz CT molecular complexity index is 805. The van der Waals surface area contributed by atoms with Crippen LogP contribution in [0.5, 0.6) is 0 Å². The first-order valence-corrected chi connectivity index (χ1v) is 10.1. The van der Waals surface area contributed by atoms with Gasteiger partial charge in [0.1, 0.15) is 6.04 Å². The molecule has 2 amide bonds. The number of rotatable bonds is 8. The highest BCUT2D eigenvalue weighted by atomic mass is 35.5. The van der Waals surface area contributed by atoms with Crippen molar-refractivity contribution in [2.45, 2.75) is 59.2 Å². The van der Waals surface area contributed by atoms with E-state index in [2.05, 4.69) is 5.32 Å². The maximum atomic E-state index is 13.2. The summed E-state index contributed by atoms with van der Waals surface area (Å²) < 4.78 is 0. The van der Waals surface area contributed by atoms with E-state index in [0.29, 0.717) is 11.6 Å². The number of nitrogens with one attached hydrogen (secondary N) is 1. The van der Waals surface area contributed by atoms with Gasteiger partial charge < -0.3 is 10.2 Å². The first-order valence-electron chi connectivity index (χ1n) is 9.70. The molecule has 0 spiro atoms. The van der Waals surface area contributed by atoms with E-state index in [1.165, 1.54) is 0 Å². The topological polar surface area (TPSA) is 49.4 Å². The zero-order valence-corrected chi connectivity index (χ0v) is 17.8. The molecule has 0 aliphatic heterocycles. The lowest BCUT2D eigenvalue weighted by Crippen LogP contribution is -2.49. The number of carbonyl (C=O) groups excluding carboxylic acids is 2. The van der Waals surface area contributed by atoms with E-state index in [9.17, 15) is 9.59 Å². The highest BCUT2D eigenvalue weighted by Crippen LogP contribution is 2.16. The number of carbonyl (C=O) groups is 2. The van der Waals surface area contributed by atoms with Crippen molar-refractivity contribution in [2.24, 2.45) is 0 Å². The number of amides is 2. The number of aryl methyl sites for hydroxylation is 1. The van der Waals surface area contributed by atoms with Crippen LogP contribution in [-0.4, -0.2) is 28.8 Å². The van der Waals surface area contributed by atoms with E-state index in [-0.39, 0.29) is 24.3 Å². The van der Waals surface area contributed by atoms with Gasteiger partial charge in [0, 0.05) is 17.6 Å². The first-order chi connectivity index (χ1) is 13.3. The average molecular weight is 401 g/mol. The van der Waals surface area contributed by atoms with Crippen molar-refractivity contribution in [1.29, 1.82) is 0 Å². The summed E-state index contributed by atoms with van der Waals surface area (Å²) in [6.45, 7) is 8.11. The Morgan fingerprint density at radius 1 is 1.07 bits per heavy atom. The van der Waals surface area contributed by atoms with Crippen molar-refractivity contribution in [3.8, 4) is 0 Å². The van der Waals surface area contributed by atoms with Gasteiger partial charge in [-0.2, -0.15) is 0 Å². The fraction of sp³-hybridized carbons (Fsp3) is 0.391. The van der Waals surface area contributed by atoms with Gasteiger partial charge in [0.25, 0.3) is 0 Å². The normalized spacial score (nSPS) is 12.9. The molecule has 0 saturated carbocycles. The van der Waals surface area contributed by atoms with Crippen LogP contribution in [0.4, 0.5) is 0 Å². The Morgan fingerprint density at radius 3 is 2.32 bits per heavy atom. The van der Waals surface area contributed by atoms with E-state index in [1.807, 2.05) is 57.2 Å². The third-order valence-electron chi connectivity index (χ3n) is 5.04. The molecule has 0 fully saturated rings. The summed E-state index contributed by atoms with van der Waals surface area (Å²) in [5, 5.41) is 3.62. The molecule has 150 valence electrons. The molecule has 2 aromatic carbocycles. The molecule has 2 atom stereocenters. The number of halogens is 1. The lowest BCUT2D eigenvalue weighted by molar-refractivity contribution is -0.140. The predicted molar refractivity (Wildman–Crippen MR) is 114 cm³/mol. The summed E-state index contributed by atoms with van der Waals surface area (Å²) in [7, 11) is 0. The minimum atomic E-state index is -0.568. The second-order valence-electron chi connectivity index (χ2n) is 7.25. The molecule has 4 nitrogen and oxygen atoms in total. The maximum Gasteiger partial charge on any atom is 0.242 e. The van der Waals surface area contributed by atoms with Crippen LogP contribution in [0.25, 0.3) is 0 Å². The molecular formula is C23H29ClN2O2. The Morgan fingerprint density at radius 2 is 1.71 bits per heavy atom. The molecule has 2 rings (SSSR count). The quantitative estimate of drug-likeness (QED) is 0.708. The van der Waals surface area contributed by atoms with Crippen molar-refractivity contribution in [3.05, 3.63) is 70.2 Å². The monoisotopic (exact) mass is 400 g/mol. The maximum absolute atomic E-state index is 13.2. The Hall–Kier alpha value is -2.33.